The highest BCUT2D eigenvalue weighted by Gasteiger charge is 2.12. The summed E-state index contributed by atoms with van der Waals surface area (Å²) in [5.41, 5.74) is 0. The number of rotatable bonds is 11. The number of carboxylic acid groups (broad SMARTS) is 1. The maximum Gasteiger partial charge on any atom is 0.329 e. The summed E-state index contributed by atoms with van der Waals surface area (Å²) in [6.07, 6.45) is 3.19. The summed E-state index contributed by atoms with van der Waals surface area (Å²) in [6, 6.07) is 6.00. The van der Waals surface area contributed by atoms with E-state index in [9.17, 15) is 13.2 Å². The van der Waals surface area contributed by atoms with Gasteiger partial charge in [0, 0.05) is 18.2 Å². The first kappa shape index (κ1) is 18.9. The van der Waals surface area contributed by atoms with Crippen LogP contribution in [0.25, 0.3) is 0 Å². The van der Waals surface area contributed by atoms with Gasteiger partial charge >= 0.3 is 5.97 Å². The number of carboxylic acids is 1. The van der Waals surface area contributed by atoms with Crippen molar-refractivity contribution in [2.24, 2.45) is 0 Å². The van der Waals surface area contributed by atoms with E-state index >= 15 is 0 Å². The number of sulfonamides is 1. The number of ether oxygens (including phenoxy) is 1. The number of aliphatic carboxylic acids is 1. The normalized spacial score (nSPS) is 11.5. The summed E-state index contributed by atoms with van der Waals surface area (Å²) in [7, 11) is -3.49. The topological polar surface area (TPSA) is 92.7 Å². The molecule has 0 radical (unpaired) electrons. The zero-order valence-corrected chi connectivity index (χ0v) is 13.7. The van der Waals surface area contributed by atoms with E-state index in [4.69, 9.17) is 21.4 Å². The number of unbranched alkanes of at least 4 members (excludes halogenated alkanes) is 3. The lowest BCUT2D eigenvalue weighted by Crippen LogP contribution is -2.24. The van der Waals surface area contributed by atoms with Gasteiger partial charge in [-0.2, -0.15) is 0 Å². The molecule has 0 aliphatic heterocycles. The van der Waals surface area contributed by atoms with Crippen LogP contribution in [0.15, 0.2) is 29.2 Å². The van der Waals surface area contributed by atoms with Crippen molar-refractivity contribution >= 4 is 27.6 Å². The minimum Gasteiger partial charge on any atom is -0.480 e. The summed E-state index contributed by atoms with van der Waals surface area (Å²) < 4.78 is 31.3. The van der Waals surface area contributed by atoms with Gasteiger partial charge in [0.25, 0.3) is 0 Å². The third-order valence-electron chi connectivity index (χ3n) is 2.86. The average molecular weight is 350 g/mol. The predicted molar refractivity (Wildman–Crippen MR) is 83.6 cm³/mol. The van der Waals surface area contributed by atoms with Gasteiger partial charge in [-0.25, -0.2) is 17.9 Å². The standard InChI is InChI=1S/C14H20ClNO5S/c15-12-5-7-13(8-6-12)22(19,20)16-9-3-1-2-4-10-21-11-14(17)18/h5-8,16H,1-4,9-11H2,(H,17,18). The molecule has 6 nitrogen and oxygen atoms in total. The molecular weight excluding hydrogens is 330 g/mol. The molecule has 8 heteroatoms. The predicted octanol–water partition coefficient (Wildman–Crippen LogP) is 2.28. The fraction of sp³-hybridized carbons (Fsp3) is 0.500. The number of nitrogens with one attached hydrogen (secondary N) is 1. The zero-order valence-electron chi connectivity index (χ0n) is 12.1. The molecule has 0 bridgehead atoms. The molecule has 0 unspecified atom stereocenters. The van der Waals surface area contributed by atoms with E-state index < -0.39 is 16.0 Å². The van der Waals surface area contributed by atoms with Crippen molar-refractivity contribution in [1.29, 1.82) is 0 Å². The molecular formula is C14H20ClNO5S. The molecule has 0 heterocycles. The van der Waals surface area contributed by atoms with Gasteiger partial charge in [-0.05, 0) is 37.1 Å². The lowest BCUT2D eigenvalue weighted by Gasteiger charge is -2.07. The second kappa shape index (κ2) is 9.78. The Hall–Kier alpha value is -1.15. The summed E-state index contributed by atoms with van der Waals surface area (Å²) in [5.74, 6) is -0.975. The molecule has 22 heavy (non-hydrogen) atoms. The van der Waals surface area contributed by atoms with Crippen LogP contribution >= 0.6 is 11.6 Å². The number of hydrogen-bond acceptors (Lipinski definition) is 4. The van der Waals surface area contributed by atoms with Crippen LogP contribution in [0.4, 0.5) is 0 Å². The van der Waals surface area contributed by atoms with E-state index in [0.717, 1.165) is 19.3 Å². The fourth-order valence-electron chi connectivity index (χ4n) is 1.75. The zero-order chi connectivity index (χ0) is 16.4. The van der Waals surface area contributed by atoms with E-state index in [1.54, 1.807) is 0 Å². The highest BCUT2D eigenvalue weighted by molar-refractivity contribution is 7.89. The van der Waals surface area contributed by atoms with Crippen molar-refractivity contribution in [2.75, 3.05) is 19.8 Å². The Balaban J connectivity index is 2.13. The Bertz CT molecular complexity index is 559. The van der Waals surface area contributed by atoms with Crippen molar-refractivity contribution in [3.63, 3.8) is 0 Å². The van der Waals surface area contributed by atoms with Gasteiger partial charge in [-0.1, -0.05) is 24.4 Å². The summed E-state index contributed by atoms with van der Waals surface area (Å²) in [5, 5.41) is 8.86. The van der Waals surface area contributed by atoms with Crippen LogP contribution < -0.4 is 4.72 Å². The van der Waals surface area contributed by atoms with Crippen molar-refractivity contribution in [1.82, 2.24) is 4.72 Å². The molecule has 124 valence electrons. The Morgan fingerprint density at radius 2 is 1.77 bits per heavy atom. The molecule has 0 spiro atoms. The van der Waals surface area contributed by atoms with Gasteiger partial charge in [-0.15, -0.1) is 0 Å². The first-order chi connectivity index (χ1) is 10.4. The molecule has 0 saturated carbocycles. The quantitative estimate of drug-likeness (QED) is 0.598. The van der Waals surface area contributed by atoms with E-state index in [0.29, 0.717) is 24.6 Å². The molecule has 1 aromatic rings. The summed E-state index contributed by atoms with van der Waals surface area (Å²) in [4.78, 5) is 10.4. The van der Waals surface area contributed by atoms with Crippen LogP contribution in [-0.4, -0.2) is 39.3 Å². The monoisotopic (exact) mass is 349 g/mol. The molecule has 0 saturated heterocycles. The van der Waals surface area contributed by atoms with Gasteiger partial charge in [0.1, 0.15) is 6.61 Å². The average Bonchev–Trinajstić information content (AvgIpc) is 2.45. The van der Waals surface area contributed by atoms with Crippen LogP contribution in [0.3, 0.4) is 0 Å². The van der Waals surface area contributed by atoms with Crippen molar-refractivity contribution in [3.8, 4) is 0 Å². The first-order valence-electron chi connectivity index (χ1n) is 6.96. The third kappa shape index (κ3) is 7.74. The lowest BCUT2D eigenvalue weighted by atomic mass is 10.2. The summed E-state index contributed by atoms with van der Waals surface area (Å²) in [6.45, 7) is 0.491. The van der Waals surface area contributed by atoms with Gasteiger partial charge in [0.2, 0.25) is 10.0 Å². The van der Waals surface area contributed by atoms with Gasteiger partial charge in [-0.3, -0.25) is 0 Å². The Morgan fingerprint density at radius 3 is 2.41 bits per heavy atom. The van der Waals surface area contributed by atoms with Gasteiger partial charge in [0.05, 0.1) is 4.90 Å². The second-order valence-corrected chi connectivity index (χ2v) is 6.92. The molecule has 0 aliphatic rings. The van der Waals surface area contributed by atoms with E-state index in [-0.39, 0.29) is 11.5 Å². The minimum absolute atomic E-state index is 0.193. The molecule has 0 aromatic heterocycles. The minimum atomic E-state index is -3.49. The maximum atomic E-state index is 12.0. The molecule has 0 aliphatic carbocycles. The van der Waals surface area contributed by atoms with Crippen LogP contribution in [0.2, 0.25) is 5.02 Å². The molecule has 0 atom stereocenters. The van der Waals surface area contributed by atoms with E-state index in [1.165, 1.54) is 24.3 Å². The number of halogens is 1. The second-order valence-electron chi connectivity index (χ2n) is 4.71. The molecule has 0 amide bonds. The molecule has 1 rings (SSSR count). The third-order valence-corrected chi connectivity index (χ3v) is 4.59. The van der Waals surface area contributed by atoms with Crippen LogP contribution in [0.5, 0.6) is 0 Å². The largest absolute Gasteiger partial charge is 0.480 e. The summed E-state index contributed by atoms with van der Waals surface area (Å²) >= 11 is 5.72. The SMILES string of the molecule is O=C(O)COCCCCCCNS(=O)(=O)c1ccc(Cl)cc1. The number of hydrogen-bond donors (Lipinski definition) is 2. The molecule has 2 N–H and O–H groups in total. The van der Waals surface area contributed by atoms with Crippen molar-refractivity contribution < 1.29 is 23.1 Å². The maximum absolute atomic E-state index is 12.0. The number of benzene rings is 1. The fourth-order valence-corrected chi connectivity index (χ4v) is 2.95. The lowest BCUT2D eigenvalue weighted by molar-refractivity contribution is -0.142. The van der Waals surface area contributed by atoms with Crippen molar-refractivity contribution in [2.45, 2.75) is 30.6 Å². The van der Waals surface area contributed by atoms with Crippen LogP contribution in [-0.2, 0) is 19.6 Å². The highest BCUT2D eigenvalue weighted by Crippen LogP contribution is 2.13. The van der Waals surface area contributed by atoms with Gasteiger partial charge in [0.15, 0.2) is 0 Å². The molecule has 1 aromatic carbocycles. The van der Waals surface area contributed by atoms with Crippen LogP contribution in [0.1, 0.15) is 25.7 Å². The van der Waals surface area contributed by atoms with Crippen molar-refractivity contribution in [3.05, 3.63) is 29.3 Å². The Labute approximate surface area is 135 Å². The highest BCUT2D eigenvalue weighted by atomic mass is 35.5. The smallest absolute Gasteiger partial charge is 0.329 e. The van der Waals surface area contributed by atoms with Crippen LogP contribution in [0, 0.1) is 0 Å². The first-order valence-corrected chi connectivity index (χ1v) is 8.83. The number of carbonyl (C=O) groups is 1. The Kier molecular flexibility index (Phi) is 8.40. The van der Waals surface area contributed by atoms with E-state index in [1.807, 2.05) is 0 Å². The Morgan fingerprint density at radius 1 is 1.14 bits per heavy atom. The van der Waals surface area contributed by atoms with Gasteiger partial charge < -0.3 is 9.84 Å². The van der Waals surface area contributed by atoms with E-state index in [2.05, 4.69) is 4.72 Å². The molecule has 0 fully saturated rings.